The average Bonchev–Trinajstić information content (AvgIpc) is 3.07. The molecule has 1 N–H and O–H groups in total. The number of amides is 1. The lowest BCUT2D eigenvalue weighted by Gasteiger charge is -2.38. The lowest BCUT2D eigenvalue weighted by Crippen LogP contribution is -2.51. The summed E-state index contributed by atoms with van der Waals surface area (Å²) in [4.78, 5) is 17.0. The topological polar surface area (TPSA) is 44.8 Å². The largest absolute Gasteiger partial charge is 0.496 e. The van der Waals surface area contributed by atoms with Gasteiger partial charge < -0.3 is 15.0 Å². The Labute approximate surface area is 132 Å². The second kappa shape index (κ2) is 7.11. The molecule has 5 heteroatoms. The number of carbonyl (C=O) groups excluding carboxylic acids is 1. The van der Waals surface area contributed by atoms with Crippen LogP contribution in [0.2, 0.25) is 0 Å². The molecule has 0 bridgehead atoms. The molecule has 120 valence electrons. The van der Waals surface area contributed by atoms with Gasteiger partial charge in [-0.15, -0.1) is 0 Å². The Morgan fingerprint density at radius 1 is 1.27 bits per heavy atom. The highest BCUT2D eigenvalue weighted by Crippen LogP contribution is 2.30. The number of carbonyl (C=O) groups is 1. The van der Waals surface area contributed by atoms with Crippen LogP contribution in [0.15, 0.2) is 24.3 Å². The quantitative estimate of drug-likeness (QED) is 0.910. The Hall–Kier alpha value is -1.59. The monoisotopic (exact) mass is 303 g/mol. The van der Waals surface area contributed by atoms with Crippen molar-refractivity contribution in [2.24, 2.45) is 0 Å². The van der Waals surface area contributed by atoms with E-state index >= 15 is 0 Å². The zero-order valence-corrected chi connectivity index (χ0v) is 13.3. The number of methoxy groups -OCH3 is 1. The molecule has 1 unspecified atom stereocenters. The number of hydrogen-bond acceptors (Lipinski definition) is 4. The first kappa shape index (κ1) is 15.3. The van der Waals surface area contributed by atoms with Crippen LogP contribution in [0.3, 0.4) is 0 Å². The molecule has 0 aromatic heterocycles. The van der Waals surface area contributed by atoms with Crippen molar-refractivity contribution in [2.45, 2.75) is 18.9 Å². The van der Waals surface area contributed by atoms with Crippen molar-refractivity contribution in [3.05, 3.63) is 29.8 Å². The number of piperazine rings is 1. The van der Waals surface area contributed by atoms with Crippen LogP contribution in [-0.2, 0) is 4.79 Å². The molecule has 2 saturated heterocycles. The molecule has 0 aliphatic carbocycles. The summed E-state index contributed by atoms with van der Waals surface area (Å²) in [7, 11) is 1.69. The number of ether oxygens (including phenoxy) is 1. The fourth-order valence-corrected chi connectivity index (χ4v) is 3.45. The lowest BCUT2D eigenvalue weighted by atomic mass is 10.0. The molecule has 2 aliphatic rings. The fraction of sp³-hybridized carbons (Fsp3) is 0.588. The van der Waals surface area contributed by atoms with Gasteiger partial charge in [0.1, 0.15) is 5.75 Å². The van der Waals surface area contributed by atoms with Crippen molar-refractivity contribution in [3.63, 3.8) is 0 Å². The van der Waals surface area contributed by atoms with Crippen molar-refractivity contribution in [1.29, 1.82) is 0 Å². The van der Waals surface area contributed by atoms with Crippen LogP contribution in [-0.4, -0.2) is 62.1 Å². The summed E-state index contributed by atoms with van der Waals surface area (Å²) in [6, 6.07) is 8.06. The van der Waals surface area contributed by atoms with Gasteiger partial charge in [-0.2, -0.15) is 0 Å². The van der Waals surface area contributed by atoms with E-state index in [0.29, 0.717) is 6.54 Å². The van der Waals surface area contributed by atoms with Crippen molar-refractivity contribution >= 4 is 5.91 Å². The Morgan fingerprint density at radius 2 is 2.05 bits per heavy atom. The minimum absolute atomic E-state index is 0.0556. The number of hydrogen-bond donors (Lipinski definition) is 1. The molecule has 0 saturated carbocycles. The Bertz CT molecular complexity index is 514. The smallest absolute Gasteiger partial charge is 0.237 e. The SMILES string of the molecule is COc1ccccc1C1CNCCN1C(=O)CN1CCCC1. The molecule has 0 spiro atoms. The van der Waals surface area contributed by atoms with E-state index < -0.39 is 0 Å². The zero-order valence-electron chi connectivity index (χ0n) is 13.3. The van der Waals surface area contributed by atoms with E-state index in [-0.39, 0.29) is 11.9 Å². The van der Waals surface area contributed by atoms with Crippen LogP contribution in [0.1, 0.15) is 24.4 Å². The van der Waals surface area contributed by atoms with Crippen LogP contribution in [0.5, 0.6) is 5.75 Å². The molecule has 1 amide bonds. The van der Waals surface area contributed by atoms with Crippen LogP contribution < -0.4 is 10.1 Å². The molecule has 2 aliphatic heterocycles. The molecule has 1 aromatic carbocycles. The Morgan fingerprint density at radius 3 is 2.82 bits per heavy atom. The van der Waals surface area contributed by atoms with Gasteiger partial charge in [0.2, 0.25) is 5.91 Å². The van der Waals surface area contributed by atoms with Crippen LogP contribution in [0, 0.1) is 0 Å². The zero-order chi connectivity index (χ0) is 15.4. The van der Waals surface area contributed by atoms with Gasteiger partial charge in [-0.1, -0.05) is 18.2 Å². The summed E-state index contributed by atoms with van der Waals surface area (Å²) in [5, 5.41) is 3.40. The third-order valence-corrected chi connectivity index (χ3v) is 4.62. The number of para-hydroxylation sites is 1. The number of likely N-dealkylation sites (tertiary alicyclic amines) is 1. The van der Waals surface area contributed by atoms with E-state index in [4.69, 9.17) is 4.74 Å². The molecule has 3 rings (SSSR count). The van der Waals surface area contributed by atoms with Crippen LogP contribution in [0.25, 0.3) is 0 Å². The highest BCUT2D eigenvalue weighted by molar-refractivity contribution is 5.79. The third-order valence-electron chi connectivity index (χ3n) is 4.62. The van der Waals surface area contributed by atoms with Crippen LogP contribution >= 0.6 is 0 Å². The average molecular weight is 303 g/mol. The summed E-state index contributed by atoms with van der Waals surface area (Å²) >= 11 is 0. The predicted octanol–water partition coefficient (Wildman–Crippen LogP) is 1.26. The van der Waals surface area contributed by atoms with Crippen molar-refractivity contribution in [3.8, 4) is 5.75 Å². The highest BCUT2D eigenvalue weighted by Gasteiger charge is 2.30. The van der Waals surface area contributed by atoms with Crippen molar-refractivity contribution in [1.82, 2.24) is 15.1 Å². The molecule has 22 heavy (non-hydrogen) atoms. The molecule has 1 aromatic rings. The van der Waals surface area contributed by atoms with Gasteiger partial charge in [0.05, 0.1) is 19.7 Å². The maximum Gasteiger partial charge on any atom is 0.237 e. The van der Waals surface area contributed by atoms with Gasteiger partial charge in [-0.25, -0.2) is 0 Å². The minimum Gasteiger partial charge on any atom is -0.496 e. The lowest BCUT2D eigenvalue weighted by molar-refractivity contribution is -0.135. The highest BCUT2D eigenvalue weighted by atomic mass is 16.5. The second-order valence-corrected chi connectivity index (χ2v) is 6.03. The summed E-state index contributed by atoms with van der Waals surface area (Å²) in [6.45, 7) is 5.05. The summed E-state index contributed by atoms with van der Waals surface area (Å²) in [6.07, 6.45) is 2.43. The molecule has 5 nitrogen and oxygen atoms in total. The van der Waals surface area contributed by atoms with Crippen LogP contribution in [0.4, 0.5) is 0 Å². The van der Waals surface area contributed by atoms with E-state index in [0.717, 1.165) is 44.0 Å². The number of nitrogens with zero attached hydrogens (tertiary/aromatic N) is 2. The molecule has 1 atom stereocenters. The molecule has 2 heterocycles. The second-order valence-electron chi connectivity index (χ2n) is 6.03. The normalized spacial score (nSPS) is 22.8. The molecule has 0 radical (unpaired) electrons. The standard InChI is InChI=1S/C17H25N3O2/c1-22-16-7-3-2-6-14(16)15-12-18-8-11-20(15)17(21)13-19-9-4-5-10-19/h2-3,6-7,15,18H,4-5,8-13H2,1H3. The third kappa shape index (κ3) is 3.25. The van der Waals surface area contributed by atoms with Crippen molar-refractivity contribution < 1.29 is 9.53 Å². The van der Waals surface area contributed by atoms with Gasteiger partial charge in [-0.3, -0.25) is 9.69 Å². The molecular formula is C17H25N3O2. The first-order valence-electron chi connectivity index (χ1n) is 8.15. The fourth-order valence-electron chi connectivity index (χ4n) is 3.45. The van der Waals surface area contributed by atoms with E-state index in [9.17, 15) is 4.79 Å². The minimum atomic E-state index is 0.0556. The van der Waals surface area contributed by atoms with E-state index in [2.05, 4.69) is 16.3 Å². The number of rotatable bonds is 4. The van der Waals surface area contributed by atoms with E-state index in [1.165, 1.54) is 12.8 Å². The van der Waals surface area contributed by atoms with Gasteiger partial charge in [-0.05, 0) is 32.0 Å². The summed E-state index contributed by atoms with van der Waals surface area (Å²) in [5.74, 6) is 1.09. The predicted molar refractivity (Wildman–Crippen MR) is 86.0 cm³/mol. The van der Waals surface area contributed by atoms with Gasteiger partial charge in [0, 0.05) is 25.2 Å². The Kier molecular flexibility index (Phi) is 4.95. The van der Waals surface area contributed by atoms with Gasteiger partial charge in [0.25, 0.3) is 0 Å². The maximum atomic E-state index is 12.8. The number of nitrogens with one attached hydrogen (secondary N) is 1. The number of benzene rings is 1. The van der Waals surface area contributed by atoms with Crippen molar-refractivity contribution in [2.75, 3.05) is 46.4 Å². The van der Waals surface area contributed by atoms with Gasteiger partial charge >= 0.3 is 0 Å². The van der Waals surface area contributed by atoms with E-state index in [1.807, 2.05) is 23.1 Å². The first-order valence-corrected chi connectivity index (χ1v) is 8.15. The van der Waals surface area contributed by atoms with E-state index in [1.54, 1.807) is 7.11 Å². The summed E-state index contributed by atoms with van der Waals surface area (Å²) < 4.78 is 5.48. The van der Waals surface area contributed by atoms with Gasteiger partial charge in [0.15, 0.2) is 0 Å². The maximum absolute atomic E-state index is 12.8. The first-order chi connectivity index (χ1) is 10.8. The Balaban J connectivity index is 1.76. The molecule has 2 fully saturated rings. The summed E-state index contributed by atoms with van der Waals surface area (Å²) in [5.41, 5.74) is 1.09. The molecular weight excluding hydrogens is 278 g/mol.